The molecule has 0 radical (unpaired) electrons. The summed E-state index contributed by atoms with van der Waals surface area (Å²) in [5.41, 5.74) is 3.18. The molecule has 0 bridgehead atoms. The van der Waals surface area contributed by atoms with E-state index >= 15 is 0 Å². The first kappa shape index (κ1) is 14.7. The summed E-state index contributed by atoms with van der Waals surface area (Å²) in [6.07, 6.45) is 0. The highest BCUT2D eigenvalue weighted by Gasteiger charge is 2.15. The van der Waals surface area contributed by atoms with Crippen molar-refractivity contribution in [3.05, 3.63) is 58.7 Å². The zero-order valence-electron chi connectivity index (χ0n) is 12.2. The fourth-order valence-corrected chi connectivity index (χ4v) is 2.43. The van der Waals surface area contributed by atoms with Crippen molar-refractivity contribution in [3.8, 4) is 11.1 Å². The van der Waals surface area contributed by atoms with Crippen molar-refractivity contribution in [2.45, 2.75) is 26.8 Å². The van der Waals surface area contributed by atoms with E-state index in [0.29, 0.717) is 11.1 Å². The average molecular weight is 275 g/mol. The monoisotopic (exact) mass is 275 g/mol. The van der Waals surface area contributed by atoms with Crippen LogP contribution in [0.1, 0.15) is 29.7 Å². The van der Waals surface area contributed by atoms with Crippen molar-refractivity contribution < 1.29 is 8.78 Å². The van der Waals surface area contributed by atoms with Gasteiger partial charge in [-0.05, 0) is 62.7 Å². The summed E-state index contributed by atoms with van der Waals surface area (Å²) < 4.78 is 28.3. The standard InChI is InChI=1S/C17H19F2N/c1-10-7-11(2)17(16(19)8-10)14-9-13(12(3)20-4)5-6-15(14)18/h5-9,12,20H,1-4H3. The van der Waals surface area contributed by atoms with E-state index in [1.165, 1.54) is 12.1 Å². The molecule has 1 nitrogen and oxygen atoms in total. The van der Waals surface area contributed by atoms with E-state index in [-0.39, 0.29) is 11.9 Å². The van der Waals surface area contributed by atoms with Crippen LogP contribution in [-0.2, 0) is 0 Å². The highest BCUT2D eigenvalue weighted by Crippen LogP contribution is 2.31. The minimum atomic E-state index is -0.400. The minimum absolute atomic E-state index is 0.0863. The van der Waals surface area contributed by atoms with Crippen molar-refractivity contribution in [2.24, 2.45) is 0 Å². The molecule has 0 saturated heterocycles. The molecule has 2 rings (SSSR count). The molecule has 1 atom stereocenters. The van der Waals surface area contributed by atoms with E-state index in [0.717, 1.165) is 16.7 Å². The van der Waals surface area contributed by atoms with Gasteiger partial charge in [-0.25, -0.2) is 8.78 Å². The highest BCUT2D eigenvalue weighted by molar-refractivity contribution is 5.69. The molecule has 20 heavy (non-hydrogen) atoms. The number of nitrogens with one attached hydrogen (secondary N) is 1. The maximum atomic E-state index is 14.2. The predicted molar refractivity (Wildman–Crippen MR) is 78.7 cm³/mol. The molecule has 0 fully saturated rings. The molecule has 1 unspecified atom stereocenters. The van der Waals surface area contributed by atoms with E-state index in [2.05, 4.69) is 5.32 Å². The summed E-state index contributed by atoms with van der Waals surface area (Å²) in [6.45, 7) is 5.62. The van der Waals surface area contributed by atoms with Gasteiger partial charge in [-0.15, -0.1) is 0 Å². The Balaban J connectivity index is 2.63. The largest absolute Gasteiger partial charge is 0.313 e. The smallest absolute Gasteiger partial charge is 0.131 e. The lowest BCUT2D eigenvalue weighted by molar-refractivity contribution is 0.610. The Morgan fingerprint density at radius 2 is 1.70 bits per heavy atom. The van der Waals surface area contributed by atoms with Crippen molar-refractivity contribution in [1.29, 1.82) is 0 Å². The van der Waals surface area contributed by atoms with Crippen LogP contribution in [0.3, 0.4) is 0 Å². The molecule has 0 aliphatic carbocycles. The Labute approximate surface area is 118 Å². The van der Waals surface area contributed by atoms with Gasteiger partial charge in [0, 0.05) is 17.2 Å². The molecule has 0 amide bonds. The van der Waals surface area contributed by atoms with Gasteiger partial charge in [-0.1, -0.05) is 12.1 Å². The van der Waals surface area contributed by atoms with Crippen molar-refractivity contribution >= 4 is 0 Å². The normalized spacial score (nSPS) is 12.5. The van der Waals surface area contributed by atoms with Gasteiger partial charge in [0.25, 0.3) is 0 Å². The molecule has 2 aromatic rings. The van der Waals surface area contributed by atoms with Crippen LogP contribution in [-0.4, -0.2) is 7.05 Å². The van der Waals surface area contributed by atoms with E-state index in [4.69, 9.17) is 0 Å². The summed E-state index contributed by atoms with van der Waals surface area (Å²) in [4.78, 5) is 0. The van der Waals surface area contributed by atoms with Crippen molar-refractivity contribution in [3.63, 3.8) is 0 Å². The lowest BCUT2D eigenvalue weighted by atomic mass is 9.95. The third-order valence-corrected chi connectivity index (χ3v) is 3.62. The van der Waals surface area contributed by atoms with E-state index in [1.807, 2.05) is 27.0 Å². The number of hydrogen-bond donors (Lipinski definition) is 1. The van der Waals surface area contributed by atoms with E-state index in [9.17, 15) is 8.78 Å². The van der Waals surface area contributed by atoms with Crippen LogP contribution in [0.5, 0.6) is 0 Å². The van der Waals surface area contributed by atoms with Crippen LogP contribution >= 0.6 is 0 Å². The third kappa shape index (κ3) is 2.73. The quantitative estimate of drug-likeness (QED) is 0.867. The number of hydrogen-bond acceptors (Lipinski definition) is 1. The Kier molecular flexibility index (Phi) is 4.19. The Morgan fingerprint density at radius 3 is 2.30 bits per heavy atom. The molecule has 0 heterocycles. The summed E-state index contributed by atoms with van der Waals surface area (Å²) in [5.74, 6) is -0.779. The molecular formula is C17H19F2N. The lowest BCUT2D eigenvalue weighted by Crippen LogP contribution is -2.12. The zero-order valence-corrected chi connectivity index (χ0v) is 12.2. The van der Waals surface area contributed by atoms with Gasteiger partial charge in [0.15, 0.2) is 0 Å². The SMILES string of the molecule is CNC(C)c1ccc(F)c(-c2c(C)cc(C)cc2F)c1. The first-order valence-electron chi connectivity index (χ1n) is 6.68. The molecule has 106 valence electrons. The minimum Gasteiger partial charge on any atom is -0.313 e. The van der Waals surface area contributed by atoms with E-state index < -0.39 is 5.82 Å². The summed E-state index contributed by atoms with van der Waals surface area (Å²) in [7, 11) is 1.84. The number of halogens is 2. The van der Waals surface area contributed by atoms with Crippen LogP contribution < -0.4 is 5.32 Å². The van der Waals surface area contributed by atoms with Crippen molar-refractivity contribution in [2.75, 3.05) is 7.05 Å². The van der Waals surface area contributed by atoms with Gasteiger partial charge in [0.1, 0.15) is 11.6 Å². The Morgan fingerprint density at radius 1 is 1.00 bits per heavy atom. The van der Waals surface area contributed by atoms with Gasteiger partial charge in [-0.3, -0.25) is 0 Å². The number of rotatable bonds is 3. The first-order chi connectivity index (χ1) is 9.43. The van der Waals surface area contributed by atoms with Gasteiger partial charge in [0.2, 0.25) is 0 Å². The molecule has 0 aliphatic rings. The fraction of sp³-hybridized carbons (Fsp3) is 0.294. The molecule has 0 saturated carbocycles. The van der Waals surface area contributed by atoms with E-state index in [1.54, 1.807) is 19.1 Å². The highest BCUT2D eigenvalue weighted by atomic mass is 19.1. The molecule has 3 heteroatoms. The average Bonchev–Trinajstić information content (AvgIpc) is 2.38. The first-order valence-corrected chi connectivity index (χ1v) is 6.68. The molecule has 0 spiro atoms. The lowest BCUT2D eigenvalue weighted by Gasteiger charge is -2.15. The Bertz CT molecular complexity index is 612. The van der Waals surface area contributed by atoms with Gasteiger partial charge < -0.3 is 5.32 Å². The maximum Gasteiger partial charge on any atom is 0.131 e. The molecule has 2 aromatic carbocycles. The summed E-state index contributed by atoms with van der Waals surface area (Å²) in [6, 6.07) is 8.24. The van der Waals surface area contributed by atoms with Crippen LogP contribution in [0.2, 0.25) is 0 Å². The van der Waals surface area contributed by atoms with Crippen molar-refractivity contribution in [1.82, 2.24) is 5.32 Å². The second-order valence-electron chi connectivity index (χ2n) is 5.19. The molecule has 0 aromatic heterocycles. The number of benzene rings is 2. The van der Waals surface area contributed by atoms with Crippen LogP contribution in [0.25, 0.3) is 11.1 Å². The fourth-order valence-electron chi connectivity index (χ4n) is 2.43. The Hall–Kier alpha value is -1.74. The van der Waals surface area contributed by atoms with Gasteiger partial charge >= 0.3 is 0 Å². The topological polar surface area (TPSA) is 12.0 Å². The third-order valence-electron chi connectivity index (χ3n) is 3.62. The number of aryl methyl sites for hydroxylation is 2. The van der Waals surface area contributed by atoms with Crippen LogP contribution in [0.4, 0.5) is 8.78 Å². The van der Waals surface area contributed by atoms with Gasteiger partial charge in [-0.2, -0.15) is 0 Å². The molecule has 0 aliphatic heterocycles. The van der Waals surface area contributed by atoms with Crippen LogP contribution in [0, 0.1) is 25.5 Å². The maximum absolute atomic E-state index is 14.2. The second kappa shape index (κ2) is 5.71. The molecule has 1 N–H and O–H groups in total. The summed E-state index contributed by atoms with van der Waals surface area (Å²) in [5, 5.41) is 3.10. The van der Waals surface area contributed by atoms with Crippen LogP contribution in [0.15, 0.2) is 30.3 Å². The zero-order chi connectivity index (χ0) is 14.9. The molecular weight excluding hydrogens is 256 g/mol. The van der Waals surface area contributed by atoms with Gasteiger partial charge in [0.05, 0.1) is 0 Å². The predicted octanol–water partition coefficient (Wildman–Crippen LogP) is 4.53. The summed E-state index contributed by atoms with van der Waals surface area (Å²) >= 11 is 0. The second-order valence-corrected chi connectivity index (χ2v) is 5.19.